The summed E-state index contributed by atoms with van der Waals surface area (Å²) < 4.78 is 0.615. The Balaban J connectivity index is 0.000000516. The Labute approximate surface area is 256 Å². The van der Waals surface area contributed by atoms with Crippen LogP contribution in [0, 0.1) is 23.7 Å². The predicted molar refractivity (Wildman–Crippen MR) is 168 cm³/mol. The standard InChI is InChI=1S/C7H12N2O.C6H10N2O2.C6H9NO2S.C6H9NOS2.CH4/c1-4(2)6-7(10)9-5(3)8-6;1-3(2)4-5(9)8-6(10)7-4;2*1-3(2)4-5(8)7-6(9)10-4;/h4,6,8H,3H2,1-2H3,(H,9,10);3-4H,1-2H3,(H2,7,8,9,10);2*3-4H,1-2H3,(H,7,8,9);1H4. The number of urea groups is 1. The lowest BCUT2D eigenvalue weighted by atomic mass is 10.1. The van der Waals surface area contributed by atoms with Crippen LogP contribution in [-0.2, 0) is 19.2 Å². The number of hydrogen-bond donors (Lipinski definition) is 6. The Morgan fingerprint density at radius 3 is 1.24 bits per heavy atom. The number of thiocarbonyl (C=S) groups is 1. The Morgan fingerprint density at radius 2 is 1.05 bits per heavy atom. The quantitative estimate of drug-likeness (QED) is 0.200. The van der Waals surface area contributed by atoms with Gasteiger partial charge in [-0.1, -0.05) is 105 Å². The van der Waals surface area contributed by atoms with E-state index in [9.17, 15) is 28.8 Å². The van der Waals surface area contributed by atoms with Crippen molar-refractivity contribution in [1.29, 1.82) is 0 Å². The molecule has 4 heterocycles. The van der Waals surface area contributed by atoms with Crippen molar-refractivity contribution in [2.45, 2.75) is 85.4 Å². The van der Waals surface area contributed by atoms with Gasteiger partial charge in [0.1, 0.15) is 16.4 Å². The highest BCUT2D eigenvalue weighted by atomic mass is 32.2. The van der Waals surface area contributed by atoms with Crippen LogP contribution in [0.25, 0.3) is 0 Å². The van der Waals surface area contributed by atoms with Gasteiger partial charge in [0.2, 0.25) is 17.7 Å². The lowest BCUT2D eigenvalue weighted by Crippen LogP contribution is -2.33. The lowest BCUT2D eigenvalue weighted by Gasteiger charge is -2.10. The zero-order valence-electron chi connectivity index (χ0n) is 24.0. The molecule has 4 fully saturated rings. The van der Waals surface area contributed by atoms with Crippen molar-refractivity contribution >= 4 is 75.0 Å². The number of imide groups is 2. The molecule has 4 aliphatic heterocycles. The molecular weight excluding hydrogens is 589 g/mol. The summed E-state index contributed by atoms with van der Waals surface area (Å²) in [4.78, 5) is 64.8. The molecule has 0 aliphatic carbocycles. The van der Waals surface area contributed by atoms with Crippen LogP contribution in [0.4, 0.5) is 9.59 Å². The monoisotopic (exact) mass is 632 g/mol. The molecule has 232 valence electrons. The van der Waals surface area contributed by atoms with E-state index in [1.54, 1.807) is 0 Å². The maximum Gasteiger partial charge on any atom is 0.322 e. The molecule has 4 aliphatic rings. The molecule has 0 aromatic carbocycles. The van der Waals surface area contributed by atoms with E-state index in [2.05, 4.69) is 38.5 Å². The highest BCUT2D eigenvalue weighted by Gasteiger charge is 2.34. The Bertz CT molecular complexity index is 873. The van der Waals surface area contributed by atoms with Crippen molar-refractivity contribution in [2.24, 2.45) is 23.7 Å². The van der Waals surface area contributed by atoms with Gasteiger partial charge in [0.15, 0.2) is 0 Å². The van der Waals surface area contributed by atoms with Crippen LogP contribution in [0.5, 0.6) is 0 Å². The van der Waals surface area contributed by atoms with Crippen LogP contribution >= 0.6 is 35.7 Å². The van der Waals surface area contributed by atoms with Crippen molar-refractivity contribution in [3.63, 3.8) is 0 Å². The van der Waals surface area contributed by atoms with Crippen molar-refractivity contribution in [3.05, 3.63) is 12.4 Å². The summed E-state index contributed by atoms with van der Waals surface area (Å²) in [6, 6.07) is -0.816. The molecule has 0 bridgehead atoms. The molecule has 7 amide bonds. The smallest absolute Gasteiger partial charge is 0.322 e. The molecule has 4 saturated heterocycles. The maximum atomic E-state index is 11.0. The van der Waals surface area contributed by atoms with E-state index < -0.39 is 0 Å². The summed E-state index contributed by atoms with van der Waals surface area (Å²) in [5.41, 5.74) is 0. The van der Waals surface area contributed by atoms with Gasteiger partial charge in [0.05, 0.1) is 16.3 Å². The average molecular weight is 633 g/mol. The number of nitrogens with one attached hydrogen (secondary N) is 6. The number of thioether (sulfide) groups is 2. The van der Waals surface area contributed by atoms with Gasteiger partial charge in [0, 0.05) is 0 Å². The Kier molecular flexibility index (Phi) is 16.2. The van der Waals surface area contributed by atoms with Gasteiger partial charge >= 0.3 is 6.03 Å². The molecule has 4 atom stereocenters. The third kappa shape index (κ3) is 12.4. The first-order chi connectivity index (χ1) is 18.4. The van der Waals surface area contributed by atoms with E-state index >= 15 is 0 Å². The normalized spacial score (nSPS) is 24.7. The van der Waals surface area contributed by atoms with Crippen LogP contribution in [0.2, 0.25) is 0 Å². The van der Waals surface area contributed by atoms with Crippen LogP contribution in [0.3, 0.4) is 0 Å². The molecule has 15 heteroatoms. The summed E-state index contributed by atoms with van der Waals surface area (Å²) in [5.74, 6) is 1.41. The van der Waals surface area contributed by atoms with Crippen LogP contribution < -0.4 is 31.9 Å². The molecule has 0 saturated carbocycles. The van der Waals surface area contributed by atoms with Gasteiger partial charge in [-0.25, -0.2) is 4.79 Å². The molecule has 0 aromatic rings. The van der Waals surface area contributed by atoms with E-state index in [1.807, 2.05) is 55.4 Å². The van der Waals surface area contributed by atoms with Gasteiger partial charge in [0.25, 0.3) is 11.1 Å². The van der Waals surface area contributed by atoms with Gasteiger partial charge < -0.3 is 21.3 Å². The molecule has 0 aromatic heterocycles. The maximum absolute atomic E-state index is 11.0. The SMILES string of the molecule is C.C=C1NC(=O)C(C(C)C)N1.CC(C)C1NC(=O)NC1=O.CC(C)C1SC(=O)NC1=O.CC(C)C1SC(=S)NC1=O. The highest BCUT2D eigenvalue weighted by molar-refractivity contribution is 8.24. The average Bonchev–Trinajstić information content (AvgIpc) is 3.55. The van der Waals surface area contributed by atoms with Gasteiger partial charge in [-0.05, 0) is 23.7 Å². The zero-order chi connectivity index (χ0) is 30.9. The summed E-state index contributed by atoms with van der Waals surface area (Å²) in [6.45, 7) is 19.2. The molecule has 12 nitrogen and oxygen atoms in total. The summed E-state index contributed by atoms with van der Waals surface area (Å²) in [7, 11) is 0. The minimum absolute atomic E-state index is 0. The summed E-state index contributed by atoms with van der Waals surface area (Å²) in [6.07, 6.45) is 0. The van der Waals surface area contributed by atoms with Crippen molar-refractivity contribution in [1.82, 2.24) is 31.9 Å². The number of rotatable bonds is 4. The second-order valence-electron chi connectivity index (χ2n) is 10.6. The molecule has 41 heavy (non-hydrogen) atoms. The first kappa shape index (κ1) is 38.4. The molecule has 0 radical (unpaired) electrons. The van der Waals surface area contributed by atoms with E-state index in [-0.39, 0.29) is 76.7 Å². The Hall–Kier alpha value is -2.65. The van der Waals surface area contributed by atoms with Crippen molar-refractivity contribution in [3.8, 4) is 0 Å². The summed E-state index contributed by atoms with van der Waals surface area (Å²) >= 11 is 7.36. The van der Waals surface area contributed by atoms with Crippen LogP contribution in [0.1, 0.15) is 62.8 Å². The number of hydrogen-bond acceptors (Lipinski definition) is 10. The van der Waals surface area contributed by atoms with Gasteiger partial charge in [-0.3, -0.25) is 34.6 Å². The topological polar surface area (TPSA) is 175 Å². The van der Waals surface area contributed by atoms with Crippen molar-refractivity contribution < 1.29 is 28.8 Å². The highest BCUT2D eigenvalue weighted by Crippen LogP contribution is 2.26. The third-order valence-electron chi connectivity index (χ3n) is 5.67. The molecule has 4 unspecified atom stereocenters. The van der Waals surface area contributed by atoms with Crippen LogP contribution in [0.15, 0.2) is 12.4 Å². The number of amides is 7. The fourth-order valence-corrected chi connectivity index (χ4v) is 5.57. The van der Waals surface area contributed by atoms with Gasteiger partial charge in [-0.15, -0.1) is 0 Å². The fraction of sp³-hybridized carbons (Fsp3) is 0.654. The molecular formula is C26H44N6O6S3. The second-order valence-corrected chi connectivity index (χ2v) is 13.6. The third-order valence-corrected chi connectivity index (χ3v) is 8.72. The first-order valence-electron chi connectivity index (χ1n) is 12.8. The predicted octanol–water partition coefficient (Wildman–Crippen LogP) is 2.84. The fourth-order valence-electron chi connectivity index (χ4n) is 3.50. The van der Waals surface area contributed by atoms with E-state index in [0.29, 0.717) is 22.0 Å². The zero-order valence-corrected chi connectivity index (χ0v) is 26.4. The molecule has 6 N–H and O–H groups in total. The second kappa shape index (κ2) is 17.3. The lowest BCUT2D eigenvalue weighted by molar-refractivity contribution is -0.121. The van der Waals surface area contributed by atoms with Crippen LogP contribution in [-0.4, -0.2) is 61.8 Å². The summed E-state index contributed by atoms with van der Waals surface area (Å²) in [5, 5.41) is 14.7. The number of carbonyl (C=O) groups is 6. The number of carbonyl (C=O) groups excluding carboxylic acids is 6. The van der Waals surface area contributed by atoms with Crippen molar-refractivity contribution in [2.75, 3.05) is 0 Å². The largest absolute Gasteiger partial charge is 0.360 e. The first-order valence-corrected chi connectivity index (χ1v) is 15.0. The van der Waals surface area contributed by atoms with E-state index in [1.165, 1.54) is 11.8 Å². The van der Waals surface area contributed by atoms with E-state index in [0.717, 1.165) is 11.8 Å². The molecule has 0 spiro atoms. The minimum atomic E-state index is -0.385. The van der Waals surface area contributed by atoms with Gasteiger partial charge in [-0.2, -0.15) is 0 Å². The molecule has 4 rings (SSSR count). The Morgan fingerprint density at radius 1 is 0.610 bits per heavy atom. The minimum Gasteiger partial charge on any atom is -0.360 e. The van der Waals surface area contributed by atoms with E-state index in [4.69, 9.17) is 12.2 Å².